The van der Waals surface area contributed by atoms with Crippen LogP contribution in [0.5, 0.6) is 0 Å². The van der Waals surface area contributed by atoms with Gasteiger partial charge >= 0.3 is 55.9 Å². The van der Waals surface area contributed by atoms with Crippen molar-refractivity contribution < 1.29 is 114 Å². The van der Waals surface area contributed by atoms with Crippen molar-refractivity contribution in [3.63, 3.8) is 0 Å². The van der Waals surface area contributed by atoms with Crippen LogP contribution in [-0.4, -0.2) is 169 Å². The van der Waals surface area contributed by atoms with Crippen LogP contribution in [-0.2, 0) is 108 Å². The number of carbonyl (C=O) groups is 12. The van der Waals surface area contributed by atoms with E-state index in [1.54, 1.807) is 0 Å². The monoisotopic (exact) mass is 954 g/mol. The van der Waals surface area contributed by atoms with E-state index in [1.807, 2.05) is 26.6 Å². The summed E-state index contributed by atoms with van der Waals surface area (Å²) in [4.78, 5) is 145. The van der Waals surface area contributed by atoms with Crippen LogP contribution in [0.1, 0.15) is 32.1 Å². The van der Waals surface area contributed by atoms with Gasteiger partial charge in [-0.3, -0.25) is 57.5 Å². The normalized spacial score (nSPS) is 14.0. The van der Waals surface area contributed by atoms with Gasteiger partial charge in [-0.2, -0.15) is 5.75 Å². The van der Waals surface area contributed by atoms with E-state index in [0.29, 0.717) is 0 Å². The Morgan fingerprint density at radius 3 is 1.03 bits per heavy atom. The minimum atomic E-state index is -2.24. The fourth-order valence-corrected chi connectivity index (χ4v) is 4.70. The molecule has 0 fully saturated rings. The van der Waals surface area contributed by atoms with Gasteiger partial charge in [0.2, 0.25) is 35.4 Å². The van der Waals surface area contributed by atoms with E-state index in [-0.39, 0.29) is 44.4 Å². The Kier molecular flexibility index (Phi) is 28.7. The minimum Gasteiger partial charge on any atom is -2.00 e. The second-order valence-electron chi connectivity index (χ2n) is 11.3. The number of amides is 6. The molecule has 27 nitrogen and oxygen atoms in total. The van der Waals surface area contributed by atoms with Gasteiger partial charge in [0.15, 0.2) is 0 Å². The summed E-state index contributed by atoms with van der Waals surface area (Å²) >= 11 is 9.59. The number of primary amides is 1. The van der Waals surface area contributed by atoms with E-state index in [0.717, 1.165) is 0 Å². The van der Waals surface area contributed by atoms with Crippen molar-refractivity contribution in [2.75, 3.05) is 24.6 Å². The molecule has 324 valence electrons. The molecule has 0 aliphatic rings. The summed E-state index contributed by atoms with van der Waals surface area (Å²) in [7, 11) is 0. The van der Waals surface area contributed by atoms with Crippen LogP contribution in [0.2, 0.25) is 0 Å². The molecule has 0 heterocycles. The van der Waals surface area contributed by atoms with Gasteiger partial charge in [0, 0.05) is 0 Å². The van der Waals surface area contributed by atoms with Gasteiger partial charge in [0.05, 0.1) is 38.1 Å². The number of carbonyl (C=O) groups excluding carboxylic acids is 6. The van der Waals surface area contributed by atoms with Gasteiger partial charge < -0.3 is 104 Å². The molecule has 0 aliphatic carbocycles. The molecule has 7 atom stereocenters. The van der Waals surface area contributed by atoms with Gasteiger partial charge in [-0.05, 0) is 6.54 Å². The molecule has 58 heavy (non-hydrogen) atoms. The summed E-state index contributed by atoms with van der Waals surface area (Å²) in [6.45, 7) is -0.259. The zero-order valence-corrected chi connectivity index (χ0v) is 33.1. The predicted molar refractivity (Wildman–Crippen MR) is 187 cm³/mol. The molecule has 0 aromatic rings. The standard InChI is InChI=1S/C28H41N8O18S2.O.Tc/c29-22(47)10(3-17(37)38)32-23(48)11(4-18(39)40)33-24(49)12(5-19(41)42)34-25(50)13(6-20(43)44)35-26(51)14(7-21(45)46)36-27(52)15(8-55)30-1-2-31-16(9-56)28(53)54;;/h10-16,31,55-56H,1-9H2,(H2,29,47)(H,32,48)(H,33,49)(H,34,50)(H,35,51)(H,36,52)(H,37,38)(H,39,40)(H,41,42)(H,43,44)(H,45,46)(H,53,54);;/q-1;-2;+5/p-2/t10-,11-,12-,13-,14-,15+,16+;;/m1../s1/i;;1+1. The van der Waals surface area contributed by atoms with E-state index >= 15 is 0 Å². The number of nitrogens with zero attached hydrogens (tertiary/aromatic N) is 1. The number of hydrogen-bond donors (Lipinski definition) is 13. The molecule has 0 rings (SSSR count). The zero-order chi connectivity index (χ0) is 43.3. The number of aliphatic carboxylic acids is 6. The first-order valence-electron chi connectivity index (χ1n) is 15.7. The summed E-state index contributed by atoms with van der Waals surface area (Å²) in [5, 5.41) is 71.1. The number of nitrogens with two attached hydrogens (primary N) is 1. The number of nitrogens with one attached hydrogen (secondary N) is 6. The van der Waals surface area contributed by atoms with E-state index < -0.39 is 151 Å². The summed E-state index contributed by atoms with van der Waals surface area (Å²) in [5.41, 5.74) is 5.04. The van der Waals surface area contributed by atoms with E-state index in [1.165, 1.54) is 0 Å². The molecule has 0 unspecified atom stereocenters. The zero-order valence-electron chi connectivity index (χ0n) is 29.6. The summed E-state index contributed by atoms with van der Waals surface area (Å²) < 4.78 is 0. The van der Waals surface area contributed by atoms with E-state index in [9.17, 15) is 78.0 Å². The van der Waals surface area contributed by atoms with Gasteiger partial charge in [0.25, 0.3) is 0 Å². The maximum atomic E-state index is 13.2. The molecular formula is C28H39N8O19S2Tc. The first kappa shape index (κ1) is 57.2. The smallest absolute Gasteiger partial charge is 2.00 e. The number of carboxylic acids is 6. The molecule has 30 heteroatoms. The van der Waals surface area contributed by atoms with Crippen LogP contribution in [0, 0.1) is 0 Å². The molecule has 0 spiro atoms. The predicted octanol–water partition coefficient (Wildman–Crippen LogP) is -6.97. The molecular weight excluding hydrogens is 915 g/mol. The number of rotatable bonds is 29. The number of carboxylic acid groups (broad SMARTS) is 6. The Bertz CT molecular complexity index is 1530. The Morgan fingerprint density at radius 2 is 0.776 bits per heavy atom. The van der Waals surface area contributed by atoms with Crippen LogP contribution in [0.4, 0.5) is 0 Å². The van der Waals surface area contributed by atoms with Gasteiger partial charge in [-0.15, -0.1) is 12.3 Å². The molecule has 0 saturated carbocycles. The SMILES string of the molecule is NC(=O)[C@@H](CC(=O)O)NC(=O)[C@@H](CC(=O)O)NC(=O)[C@@H](CC(=O)O)NC(=O)[C@@H](CC(=O)O)NC(=O)[C@@H](CC(=O)O)NC(=O)[C@H](C[S-])[N-]CCN[C@@H](C[S-])C(=O)O.[99Tc+5].[O-2]. The second kappa shape index (κ2) is 29.1. The summed E-state index contributed by atoms with van der Waals surface area (Å²) in [6, 6.07) is -13.0. The van der Waals surface area contributed by atoms with Crippen molar-refractivity contribution in [3.8, 4) is 0 Å². The third-order valence-corrected chi connectivity index (χ3v) is 7.51. The van der Waals surface area contributed by atoms with Crippen molar-refractivity contribution in [2.24, 2.45) is 5.73 Å². The summed E-state index contributed by atoms with van der Waals surface area (Å²) in [5.74, 6) is -19.0. The molecule has 0 saturated heterocycles. The van der Waals surface area contributed by atoms with Gasteiger partial charge in [0.1, 0.15) is 30.2 Å². The van der Waals surface area contributed by atoms with Crippen molar-refractivity contribution in [2.45, 2.75) is 74.4 Å². The van der Waals surface area contributed by atoms with E-state index in [2.05, 4.69) is 10.6 Å². The topological polar surface area (TPSA) is 467 Å². The molecule has 0 aromatic heterocycles. The van der Waals surface area contributed by atoms with Crippen molar-refractivity contribution in [1.82, 2.24) is 31.9 Å². The average Bonchev–Trinajstić information content (AvgIpc) is 3.06. The largest absolute Gasteiger partial charge is 5.00 e. The van der Waals surface area contributed by atoms with Crippen molar-refractivity contribution in [3.05, 3.63) is 5.32 Å². The van der Waals surface area contributed by atoms with Gasteiger partial charge in [-0.25, -0.2) is 0 Å². The Labute approximate surface area is 351 Å². The van der Waals surface area contributed by atoms with E-state index in [4.69, 9.17) is 41.2 Å². The average molecular weight is 955 g/mol. The third kappa shape index (κ3) is 23.2. The van der Waals surface area contributed by atoms with Crippen molar-refractivity contribution >= 4 is 96.5 Å². The molecule has 0 aromatic carbocycles. The molecule has 6 amide bonds. The van der Waals surface area contributed by atoms with Crippen LogP contribution in [0.25, 0.3) is 5.32 Å². The molecule has 0 aliphatic heterocycles. The van der Waals surface area contributed by atoms with Crippen LogP contribution in [0.15, 0.2) is 0 Å². The maximum absolute atomic E-state index is 13.2. The first-order valence-corrected chi connectivity index (χ1v) is 16.9. The fraction of sp³-hybridized carbons (Fsp3) is 0.571. The van der Waals surface area contributed by atoms with Crippen LogP contribution >= 0.6 is 0 Å². The van der Waals surface area contributed by atoms with Crippen molar-refractivity contribution in [1.29, 1.82) is 0 Å². The Morgan fingerprint density at radius 1 is 0.483 bits per heavy atom. The Balaban J connectivity index is -0.0000151. The fourth-order valence-electron chi connectivity index (χ4n) is 4.18. The second-order valence-corrected chi connectivity index (χ2v) is 12.0. The third-order valence-electron chi connectivity index (χ3n) is 6.86. The minimum absolute atomic E-state index is 0. The Hall–Kier alpha value is -5.13. The molecule has 0 bridgehead atoms. The molecule has 14 N–H and O–H groups in total. The quantitative estimate of drug-likeness (QED) is 0.0245. The maximum Gasteiger partial charge on any atom is 5.00 e. The number of hydrogen-bond acceptors (Lipinski definition) is 15. The van der Waals surface area contributed by atoms with Gasteiger partial charge in [-0.1, -0.05) is 6.04 Å². The molecule has 0 radical (unpaired) electrons. The van der Waals surface area contributed by atoms with Crippen LogP contribution < -0.4 is 37.6 Å². The van der Waals surface area contributed by atoms with Crippen LogP contribution in [0.3, 0.4) is 0 Å². The first-order chi connectivity index (χ1) is 26.0. The summed E-state index contributed by atoms with van der Waals surface area (Å²) in [6.07, 6.45) is -6.04.